The molecule has 1 aromatic carbocycles. The first-order valence-electron chi connectivity index (χ1n) is 7.88. The van der Waals surface area contributed by atoms with Gasteiger partial charge >= 0.3 is 0 Å². The minimum Gasteiger partial charge on any atom is -0.360 e. The number of rotatable bonds is 6. The van der Waals surface area contributed by atoms with Crippen LogP contribution >= 0.6 is 0 Å². The van der Waals surface area contributed by atoms with Crippen molar-refractivity contribution in [1.29, 1.82) is 0 Å². The molecular weight excluding hydrogens is 260 g/mol. The van der Waals surface area contributed by atoms with Gasteiger partial charge in [0, 0.05) is 23.8 Å². The molecule has 118 valence electrons. The number of nitrogens with zero attached hydrogens (tertiary/aromatic N) is 2. The molecule has 0 spiro atoms. The number of aryl methyl sites for hydroxylation is 1. The summed E-state index contributed by atoms with van der Waals surface area (Å²) in [6.45, 7) is 15.1. The van der Waals surface area contributed by atoms with Crippen LogP contribution in [-0.2, 0) is 4.79 Å². The molecule has 0 fully saturated rings. The second kappa shape index (κ2) is 7.48. The Kier molecular flexibility index (Phi) is 6.25. The van der Waals surface area contributed by atoms with E-state index in [4.69, 9.17) is 0 Å². The van der Waals surface area contributed by atoms with Crippen LogP contribution in [0.1, 0.15) is 47.1 Å². The molecular formula is C18H30N2O. The largest absolute Gasteiger partial charge is 0.360 e. The van der Waals surface area contributed by atoms with Crippen LogP contribution in [0.3, 0.4) is 0 Å². The van der Waals surface area contributed by atoms with Gasteiger partial charge in [0.2, 0.25) is 5.91 Å². The fourth-order valence-electron chi connectivity index (χ4n) is 2.71. The van der Waals surface area contributed by atoms with Crippen molar-refractivity contribution in [2.24, 2.45) is 0 Å². The van der Waals surface area contributed by atoms with Gasteiger partial charge in [0.25, 0.3) is 0 Å². The summed E-state index contributed by atoms with van der Waals surface area (Å²) in [4.78, 5) is 16.8. The second-order valence-corrected chi connectivity index (χ2v) is 6.55. The standard InChI is InChI=1S/C18H30N2O/c1-13(2)19(17-10-8-16(7)9-11-17)12-18(21)20(14(3)4)15(5)6/h8-11,13-15H,12H2,1-7H3. The van der Waals surface area contributed by atoms with E-state index >= 15 is 0 Å². The summed E-state index contributed by atoms with van der Waals surface area (Å²) in [6.07, 6.45) is 0. The first kappa shape index (κ1) is 17.5. The Morgan fingerprint density at radius 3 is 1.76 bits per heavy atom. The lowest BCUT2D eigenvalue weighted by Gasteiger charge is -2.35. The number of carbonyl (C=O) groups excluding carboxylic acids is 1. The highest BCUT2D eigenvalue weighted by Crippen LogP contribution is 2.18. The minimum absolute atomic E-state index is 0.189. The van der Waals surface area contributed by atoms with Crippen LogP contribution in [0.2, 0.25) is 0 Å². The first-order chi connectivity index (χ1) is 9.73. The predicted octanol–water partition coefficient (Wildman–Crippen LogP) is 3.86. The summed E-state index contributed by atoms with van der Waals surface area (Å²) in [5.74, 6) is 0.189. The zero-order valence-corrected chi connectivity index (χ0v) is 14.6. The molecule has 21 heavy (non-hydrogen) atoms. The third-order valence-corrected chi connectivity index (χ3v) is 3.70. The quantitative estimate of drug-likeness (QED) is 0.794. The molecule has 0 aliphatic heterocycles. The summed E-state index contributed by atoms with van der Waals surface area (Å²) in [6, 6.07) is 9.12. The van der Waals surface area contributed by atoms with E-state index in [0.29, 0.717) is 6.54 Å². The van der Waals surface area contributed by atoms with Crippen LogP contribution in [-0.4, -0.2) is 35.5 Å². The van der Waals surface area contributed by atoms with E-state index < -0.39 is 0 Å². The molecule has 0 heterocycles. The van der Waals surface area contributed by atoms with Gasteiger partial charge in [-0.3, -0.25) is 4.79 Å². The number of hydrogen-bond acceptors (Lipinski definition) is 2. The molecule has 1 amide bonds. The predicted molar refractivity (Wildman–Crippen MR) is 90.8 cm³/mol. The minimum atomic E-state index is 0.189. The van der Waals surface area contributed by atoms with Gasteiger partial charge in [0.1, 0.15) is 0 Å². The SMILES string of the molecule is Cc1ccc(N(CC(=O)N(C(C)C)C(C)C)C(C)C)cc1. The number of benzene rings is 1. The van der Waals surface area contributed by atoms with Crippen LogP contribution in [0.5, 0.6) is 0 Å². The molecule has 0 saturated heterocycles. The Morgan fingerprint density at radius 1 is 0.905 bits per heavy atom. The molecule has 0 N–H and O–H groups in total. The maximum absolute atomic E-state index is 12.7. The second-order valence-electron chi connectivity index (χ2n) is 6.55. The van der Waals surface area contributed by atoms with Crippen LogP contribution in [0, 0.1) is 6.92 Å². The molecule has 3 heteroatoms. The van der Waals surface area contributed by atoms with Gasteiger partial charge in [-0.2, -0.15) is 0 Å². The summed E-state index contributed by atoms with van der Waals surface area (Å²) in [7, 11) is 0. The molecule has 0 bridgehead atoms. The molecule has 0 saturated carbocycles. The Bertz CT molecular complexity index is 441. The summed E-state index contributed by atoms with van der Waals surface area (Å²) >= 11 is 0. The van der Waals surface area contributed by atoms with Gasteiger partial charge in [-0.25, -0.2) is 0 Å². The van der Waals surface area contributed by atoms with E-state index in [0.717, 1.165) is 5.69 Å². The van der Waals surface area contributed by atoms with E-state index in [1.807, 2.05) is 4.90 Å². The van der Waals surface area contributed by atoms with Crippen molar-refractivity contribution < 1.29 is 4.79 Å². The normalized spacial score (nSPS) is 11.3. The van der Waals surface area contributed by atoms with Crippen molar-refractivity contribution in [3.05, 3.63) is 29.8 Å². The zero-order valence-electron chi connectivity index (χ0n) is 14.6. The highest BCUT2D eigenvalue weighted by molar-refractivity contribution is 5.82. The van der Waals surface area contributed by atoms with Crippen LogP contribution < -0.4 is 4.90 Å². The van der Waals surface area contributed by atoms with Crippen LogP contribution in [0.25, 0.3) is 0 Å². The smallest absolute Gasteiger partial charge is 0.242 e. The van der Waals surface area contributed by atoms with E-state index in [-0.39, 0.29) is 24.0 Å². The Labute approximate surface area is 129 Å². The third-order valence-electron chi connectivity index (χ3n) is 3.70. The van der Waals surface area contributed by atoms with Crippen molar-refractivity contribution in [3.8, 4) is 0 Å². The van der Waals surface area contributed by atoms with E-state index in [1.54, 1.807) is 0 Å². The van der Waals surface area contributed by atoms with E-state index in [9.17, 15) is 4.79 Å². The Hall–Kier alpha value is -1.51. The molecule has 0 aliphatic rings. The van der Waals surface area contributed by atoms with Crippen molar-refractivity contribution >= 4 is 11.6 Å². The maximum Gasteiger partial charge on any atom is 0.242 e. The van der Waals surface area contributed by atoms with Gasteiger partial charge in [0.15, 0.2) is 0 Å². The molecule has 0 aliphatic carbocycles. The highest BCUT2D eigenvalue weighted by atomic mass is 16.2. The molecule has 1 aromatic rings. The molecule has 0 aromatic heterocycles. The van der Waals surface area contributed by atoms with E-state index in [2.05, 4.69) is 77.6 Å². The van der Waals surface area contributed by atoms with Crippen molar-refractivity contribution in [1.82, 2.24) is 4.90 Å². The van der Waals surface area contributed by atoms with Crippen molar-refractivity contribution in [2.75, 3.05) is 11.4 Å². The van der Waals surface area contributed by atoms with Gasteiger partial charge < -0.3 is 9.80 Å². The molecule has 0 unspecified atom stereocenters. The van der Waals surface area contributed by atoms with Gasteiger partial charge in [-0.1, -0.05) is 17.7 Å². The van der Waals surface area contributed by atoms with Gasteiger partial charge in [0.05, 0.1) is 6.54 Å². The lowest BCUT2D eigenvalue weighted by atomic mass is 10.1. The number of hydrogen-bond donors (Lipinski definition) is 0. The van der Waals surface area contributed by atoms with Crippen molar-refractivity contribution in [2.45, 2.75) is 66.6 Å². The molecule has 1 rings (SSSR count). The average molecular weight is 290 g/mol. The third kappa shape index (κ3) is 4.76. The number of amides is 1. The number of anilines is 1. The Morgan fingerprint density at radius 2 is 1.38 bits per heavy atom. The number of carbonyl (C=O) groups is 1. The average Bonchev–Trinajstić information content (AvgIpc) is 2.36. The Balaban J connectivity index is 2.93. The van der Waals surface area contributed by atoms with Gasteiger partial charge in [-0.15, -0.1) is 0 Å². The highest BCUT2D eigenvalue weighted by Gasteiger charge is 2.23. The van der Waals surface area contributed by atoms with Crippen LogP contribution in [0.15, 0.2) is 24.3 Å². The fourth-order valence-corrected chi connectivity index (χ4v) is 2.71. The lowest BCUT2D eigenvalue weighted by Crippen LogP contribution is -2.48. The summed E-state index contributed by atoms with van der Waals surface area (Å²) < 4.78 is 0. The van der Waals surface area contributed by atoms with Crippen LogP contribution in [0.4, 0.5) is 5.69 Å². The summed E-state index contributed by atoms with van der Waals surface area (Å²) in [5.41, 5.74) is 2.34. The molecule has 3 nitrogen and oxygen atoms in total. The van der Waals surface area contributed by atoms with Gasteiger partial charge in [-0.05, 0) is 60.6 Å². The fraction of sp³-hybridized carbons (Fsp3) is 0.611. The topological polar surface area (TPSA) is 23.6 Å². The molecule has 0 atom stereocenters. The van der Waals surface area contributed by atoms with E-state index in [1.165, 1.54) is 5.56 Å². The zero-order chi connectivity index (χ0) is 16.2. The summed E-state index contributed by atoms with van der Waals surface area (Å²) in [5, 5.41) is 0. The first-order valence-corrected chi connectivity index (χ1v) is 7.88. The van der Waals surface area contributed by atoms with Crippen molar-refractivity contribution in [3.63, 3.8) is 0 Å². The maximum atomic E-state index is 12.7. The monoisotopic (exact) mass is 290 g/mol. The lowest BCUT2D eigenvalue weighted by molar-refractivity contribution is -0.133. The molecule has 0 radical (unpaired) electrons.